The molecule has 0 aliphatic carbocycles. The first-order chi connectivity index (χ1) is 10.6. The summed E-state index contributed by atoms with van der Waals surface area (Å²) in [6, 6.07) is 4.63. The molecular weight excluding hydrogens is 376 g/mol. The molecule has 1 N–H and O–H groups in total. The zero-order valence-electron chi connectivity index (χ0n) is 11.4. The van der Waals surface area contributed by atoms with Gasteiger partial charge in [-0.2, -0.15) is 13.2 Å². The van der Waals surface area contributed by atoms with Crippen LogP contribution < -0.4 is 4.72 Å². The SMILES string of the molecule is CNS(=O)(=O)c1cc(-c2ncc(C(F)(F)F)cc2Cl)ccc1Cl. The summed E-state index contributed by atoms with van der Waals surface area (Å²) in [7, 11) is -2.63. The Kier molecular flexibility index (Phi) is 4.91. The topological polar surface area (TPSA) is 59.1 Å². The molecule has 0 aliphatic rings. The van der Waals surface area contributed by atoms with Gasteiger partial charge in [-0.1, -0.05) is 29.3 Å². The monoisotopic (exact) mass is 384 g/mol. The highest BCUT2D eigenvalue weighted by molar-refractivity contribution is 7.89. The van der Waals surface area contributed by atoms with Crippen LogP contribution in [0, 0.1) is 0 Å². The molecule has 0 bridgehead atoms. The molecule has 0 radical (unpaired) electrons. The van der Waals surface area contributed by atoms with Crippen molar-refractivity contribution in [2.75, 3.05) is 7.05 Å². The van der Waals surface area contributed by atoms with Crippen LogP contribution in [0.25, 0.3) is 11.3 Å². The normalized spacial score (nSPS) is 12.4. The van der Waals surface area contributed by atoms with Gasteiger partial charge in [-0.05, 0) is 25.2 Å². The van der Waals surface area contributed by atoms with Crippen molar-refractivity contribution in [2.45, 2.75) is 11.1 Å². The summed E-state index contributed by atoms with van der Waals surface area (Å²) in [5, 5.41) is -0.291. The number of nitrogens with one attached hydrogen (secondary N) is 1. The summed E-state index contributed by atoms with van der Waals surface area (Å²) in [6.45, 7) is 0. The summed E-state index contributed by atoms with van der Waals surface area (Å²) >= 11 is 11.7. The van der Waals surface area contributed by atoms with Crippen molar-refractivity contribution in [2.24, 2.45) is 0 Å². The second-order valence-corrected chi connectivity index (χ2v) is 7.07. The van der Waals surface area contributed by atoms with Crippen LogP contribution in [0.4, 0.5) is 13.2 Å². The number of pyridine rings is 1. The fourth-order valence-corrected chi connectivity index (χ4v) is 3.30. The van der Waals surface area contributed by atoms with E-state index >= 15 is 0 Å². The van der Waals surface area contributed by atoms with Gasteiger partial charge in [-0.3, -0.25) is 4.98 Å². The molecule has 2 rings (SSSR count). The quantitative estimate of drug-likeness (QED) is 0.870. The molecule has 10 heteroatoms. The molecule has 0 amide bonds. The smallest absolute Gasteiger partial charge is 0.254 e. The molecule has 0 saturated heterocycles. The van der Waals surface area contributed by atoms with Gasteiger partial charge >= 0.3 is 6.18 Å². The number of benzene rings is 1. The Morgan fingerprint density at radius 3 is 2.30 bits per heavy atom. The standard InChI is InChI=1S/C13H9Cl2F3N2O2S/c1-19-23(21,22)11-4-7(2-3-9(11)14)12-10(15)5-8(6-20-12)13(16,17)18/h2-6,19H,1H3. The number of hydrogen-bond donors (Lipinski definition) is 1. The number of halogens is 5. The fraction of sp³-hybridized carbons (Fsp3) is 0.154. The Morgan fingerprint density at radius 1 is 1.13 bits per heavy atom. The van der Waals surface area contributed by atoms with Crippen LogP contribution in [0.2, 0.25) is 10.0 Å². The molecule has 0 unspecified atom stereocenters. The van der Waals surface area contributed by atoms with E-state index in [4.69, 9.17) is 23.2 Å². The first-order valence-corrected chi connectivity index (χ1v) is 8.26. The Hall–Kier alpha value is -1.35. The molecule has 0 spiro atoms. The number of rotatable bonds is 3. The van der Waals surface area contributed by atoms with Gasteiger partial charge in [0, 0.05) is 11.8 Å². The minimum Gasteiger partial charge on any atom is -0.254 e. The van der Waals surface area contributed by atoms with Crippen LogP contribution in [0.3, 0.4) is 0 Å². The highest BCUT2D eigenvalue weighted by Crippen LogP contribution is 2.35. The Morgan fingerprint density at radius 2 is 1.78 bits per heavy atom. The van der Waals surface area contributed by atoms with Gasteiger partial charge in [0.2, 0.25) is 10.0 Å². The lowest BCUT2D eigenvalue weighted by Gasteiger charge is -2.11. The summed E-state index contributed by atoms with van der Waals surface area (Å²) in [4.78, 5) is 3.46. The van der Waals surface area contributed by atoms with Gasteiger partial charge in [0.25, 0.3) is 0 Å². The summed E-state index contributed by atoms with van der Waals surface area (Å²) in [5.74, 6) is 0. The second kappa shape index (κ2) is 6.27. The highest BCUT2D eigenvalue weighted by atomic mass is 35.5. The largest absolute Gasteiger partial charge is 0.417 e. The molecule has 2 aromatic rings. The van der Waals surface area contributed by atoms with Crippen molar-refractivity contribution in [3.63, 3.8) is 0 Å². The molecule has 0 aliphatic heterocycles. The van der Waals surface area contributed by atoms with Crippen molar-refractivity contribution in [3.8, 4) is 11.3 Å². The van der Waals surface area contributed by atoms with Gasteiger partial charge in [-0.25, -0.2) is 13.1 Å². The number of nitrogens with zero attached hydrogens (tertiary/aromatic N) is 1. The predicted molar refractivity (Wildman–Crippen MR) is 80.9 cm³/mol. The Labute approximate surface area is 140 Å². The maximum Gasteiger partial charge on any atom is 0.417 e. The summed E-state index contributed by atoms with van der Waals surface area (Å²) in [6.07, 6.45) is -3.95. The van der Waals surface area contributed by atoms with Crippen LogP contribution in [-0.4, -0.2) is 20.4 Å². The maximum atomic E-state index is 12.6. The van der Waals surface area contributed by atoms with Crippen LogP contribution >= 0.6 is 23.2 Å². The Bertz CT molecular complexity index is 855. The number of sulfonamides is 1. The first kappa shape index (κ1) is 18.0. The molecule has 1 aromatic heterocycles. The van der Waals surface area contributed by atoms with Crippen molar-refractivity contribution in [3.05, 3.63) is 46.1 Å². The van der Waals surface area contributed by atoms with E-state index in [0.717, 1.165) is 6.07 Å². The Balaban J connectivity index is 2.58. The summed E-state index contributed by atoms with van der Waals surface area (Å²) < 4.78 is 63.7. The van der Waals surface area contributed by atoms with Gasteiger partial charge in [0.15, 0.2) is 0 Å². The molecule has 1 heterocycles. The van der Waals surface area contributed by atoms with E-state index in [2.05, 4.69) is 9.71 Å². The van der Waals surface area contributed by atoms with Gasteiger partial charge in [0.05, 0.1) is 21.3 Å². The molecular formula is C13H9Cl2F3N2O2S. The highest BCUT2D eigenvalue weighted by Gasteiger charge is 2.31. The van der Waals surface area contributed by atoms with Crippen LogP contribution in [0.15, 0.2) is 35.4 Å². The van der Waals surface area contributed by atoms with Gasteiger partial charge in [-0.15, -0.1) is 0 Å². The van der Waals surface area contributed by atoms with Crippen molar-refractivity contribution in [1.29, 1.82) is 0 Å². The molecule has 0 saturated carbocycles. The lowest BCUT2D eigenvalue weighted by atomic mass is 10.1. The maximum absolute atomic E-state index is 12.6. The van der Waals surface area contributed by atoms with Gasteiger partial charge in [0.1, 0.15) is 4.90 Å². The number of hydrogen-bond acceptors (Lipinski definition) is 3. The van der Waals surface area contributed by atoms with Crippen molar-refractivity contribution in [1.82, 2.24) is 9.71 Å². The molecule has 124 valence electrons. The molecule has 0 fully saturated rings. The fourth-order valence-electron chi connectivity index (χ4n) is 1.77. The first-order valence-electron chi connectivity index (χ1n) is 6.02. The summed E-state index contributed by atoms with van der Waals surface area (Å²) in [5.41, 5.74) is -0.755. The van der Waals surface area contributed by atoms with E-state index in [0.29, 0.717) is 6.20 Å². The molecule has 23 heavy (non-hydrogen) atoms. The average Bonchev–Trinajstić information content (AvgIpc) is 2.47. The molecule has 0 atom stereocenters. The zero-order valence-corrected chi connectivity index (χ0v) is 13.8. The molecule has 4 nitrogen and oxygen atoms in total. The lowest BCUT2D eigenvalue weighted by Crippen LogP contribution is -2.19. The molecule has 1 aromatic carbocycles. The van der Waals surface area contributed by atoms with E-state index in [-0.39, 0.29) is 26.2 Å². The van der Waals surface area contributed by atoms with E-state index < -0.39 is 21.8 Å². The lowest BCUT2D eigenvalue weighted by molar-refractivity contribution is -0.137. The predicted octanol–water partition coefficient (Wildman–Crippen LogP) is 3.98. The van der Waals surface area contributed by atoms with Crippen molar-refractivity contribution < 1.29 is 21.6 Å². The number of aromatic nitrogens is 1. The van der Waals surface area contributed by atoms with Crippen molar-refractivity contribution >= 4 is 33.2 Å². The van der Waals surface area contributed by atoms with E-state index in [1.54, 1.807) is 0 Å². The zero-order chi connectivity index (χ0) is 17.4. The van der Waals surface area contributed by atoms with Crippen LogP contribution in [-0.2, 0) is 16.2 Å². The van der Waals surface area contributed by atoms with Crippen LogP contribution in [0.5, 0.6) is 0 Å². The third kappa shape index (κ3) is 3.77. The van der Waals surface area contributed by atoms with Gasteiger partial charge < -0.3 is 0 Å². The minimum absolute atomic E-state index is 0.0175. The van der Waals surface area contributed by atoms with E-state index in [1.165, 1.54) is 25.2 Å². The van der Waals surface area contributed by atoms with E-state index in [9.17, 15) is 21.6 Å². The number of alkyl halides is 3. The second-order valence-electron chi connectivity index (χ2n) is 4.40. The van der Waals surface area contributed by atoms with E-state index in [1.807, 2.05) is 0 Å². The average molecular weight is 385 g/mol. The minimum atomic E-state index is -4.57. The third-order valence-corrected chi connectivity index (χ3v) is 5.12. The van der Waals surface area contributed by atoms with Crippen LogP contribution in [0.1, 0.15) is 5.56 Å². The third-order valence-electron chi connectivity index (χ3n) is 2.93.